The lowest BCUT2D eigenvalue weighted by molar-refractivity contribution is -0.130. The van der Waals surface area contributed by atoms with Gasteiger partial charge in [0.1, 0.15) is 27.8 Å². The zero-order valence-corrected chi connectivity index (χ0v) is 20.4. The van der Waals surface area contributed by atoms with Crippen LogP contribution in [-0.4, -0.2) is 63.9 Å². The standard InChI is InChI=1S/C25H26FN7OS/c1-17(34)33-13-11-32(12-14-33)16-18-9-10-27-22(15-18)29-25-28-21-7-8-23(30-24(21)35-25)31(2)20-5-3-19(26)4-6-20/h3-10,15H,11-14,16H2,1-2H3,(H,27,28,29). The first-order valence-electron chi connectivity index (χ1n) is 11.4. The van der Waals surface area contributed by atoms with Gasteiger partial charge in [0.05, 0.1) is 0 Å². The van der Waals surface area contributed by atoms with Gasteiger partial charge < -0.3 is 15.1 Å². The minimum absolute atomic E-state index is 0.139. The second-order valence-corrected chi connectivity index (χ2v) is 9.48. The van der Waals surface area contributed by atoms with E-state index in [1.54, 1.807) is 25.3 Å². The van der Waals surface area contributed by atoms with Crippen molar-refractivity contribution in [2.45, 2.75) is 13.5 Å². The molecule has 4 heterocycles. The summed E-state index contributed by atoms with van der Waals surface area (Å²) in [5.74, 6) is 1.36. The number of nitrogens with one attached hydrogen (secondary N) is 1. The molecule has 180 valence electrons. The highest BCUT2D eigenvalue weighted by molar-refractivity contribution is 7.21. The Balaban J connectivity index is 1.26. The molecule has 1 amide bonds. The summed E-state index contributed by atoms with van der Waals surface area (Å²) in [5, 5.41) is 4.03. The van der Waals surface area contributed by atoms with Crippen molar-refractivity contribution in [3.8, 4) is 0 Å². The number of anilines is 4. The largest absolute Gasteiger partial charge is 0.340 e. The molecule has 35 heavy (non-hydrogen) atoms. The van der Waals surface area contributed by atoms with Crippen molar-refractivity contribution in [3.05, 3.63) is 66.1 Å². The molecule has 8 nitrogen and oxygen atoms in total. The van der Waals surface area contributed by atoms with Crippen molar-refractivity contribution in [1.82, 2.24) is 24.8 Å². The Kier molecular flexibility index (Phi) is 6.56. The van der Waals surface area contributed by atoms with Crippen LogP contribution < -0.4 is 10.2 Å². The van der Waals surface area contributed by atoms with Gasteiger partial charge in [-0.2, -0.15) is 0 Å². The lowest BCUT2D eigenvalue weighted by Crippen LogP contribution is -2.47. The van der Waals surface area contributed by atoms with Crippen LogP contribution in [0.2, 0.25) is 0 Å². The molecular weight excluding hydrogens is 465 g/mol. The average molecular weight is 492 g/mol. The smallest absolute Gasteiger partial charge is 0.219 e. The van der Waals surface area contributed by atoms with Gasteiger partial charge in [-0.3, -0.25) is 9.69 Å². The molecular formula is C25H26FN7OS. The molecule has 1 saturated heterocycles. The van der Waals surface area contributed by atoms with Crippen LogP contribution >= 0.6 is 11.3 Å². The number of nitrogens with zero attached hydrogens (tertiary/aromatic N) is 6. The van der Waals surface area contributed by atoms with E-state index in [1.165, 1.54) is 23.5 Å². The van der Waals surface area contributed by atoms with Crippen molar-refractivity contribution in [3.63, 3.8) is 0 Å². The lowest BCUT2D eigenvalue weighted by atomic mass is 10.2. The number of hydrogen-bond acceptors (Lipinski definition) is 8. The maximum absolute atomic E-state index is 13.3. The predicted molar refractivity (Wildman–Crippen MR) is 137 cm³/mol. The van der Waals surface area contributed by atoms with Crippen molar-refractivity contribution < 1.29 is 9.18 Å². The summed E-state index contributed by atoms with van der Waals surface area (Å²) in [7, 11) is 1.90. The lowest BCUT2D eigenvalue weighted by Gasteiger charge is -2.34. The molecule has 0 atom stereocenters. The molecule has 0 bridgehead atoms. The summed E-state index contributed by atoms with van der Waals surface area (Å²) in [6.45, 7) is 5.69. The number of carbonyl (C=O) groups excluding carboxylic acids is 1. The summed E-state index contributed by atoms with van der Waals surface area (Å²) in [4.78, 5) is 32.3. The second-order valence-electron chi connectivity index (χ2n) is 8.50. The number of amides is 1. The number of halogens is 1. The maximum atomic E-state index is 13.3. The van der Waals surface area contributed by atoms with E-state index in [1.807, 2.05) is 41.1 Å². The number of carbonyl (C=O) groups is 1. The monoisotopic (exact) mass is 491 g/mol. The van der Waals surface area contributed by atoms with Gasteiger partial charge in [-0.1, -0.05) is 11.3 Å². The number of hydrogen-bond donors (Lipinski definition) is 1. The molecule has 0 radical (unpaired) electrons. The zero-order valence-electron chi connectivity index (χ0n) is 19.6. The minimum Gasteiger partial charge on any atom is -0.340 e. The summed E-state index contributed by atoms with van der Waals surface area (Å²) >= 11 is 1.46. The van der Waals surface area contributed by atoms with E-state index in [9.17, 15) is 9.18 Å². The van der Waals surface area contributed by atoms with Gasteiger partial charge in [-0.05, 0) is 54.1 Å². The molecule has 1 aliphatic heterocycles. The summed E-state index contributed by atoms with van der Waals surface area (Å²) in [6, 6.07) is 14.2. The van der Waals surface area contributed by atoms with Gasteiger partial charge in [0.25, 0.3) is 0 Å². The molecule has 1 aliphatic rings. The molecule has 0 aliphatic carbocycles. The third kappa shape index (κ3) is 5.39. The number of fused-ring (bicyclic) bond motifs is 1. The Morgan fingerprint density at radius 2 is 1.86 bits per heavy atom. The fourth-order valence-corrected chi connectivity index (χ4v) is 4.91. The fourth-order valence-electron chi connectivity index (χ4n) is 4.07. The van der Waals surface area contributed by atoms with Gasteiger partial charge in [0.2, 0.25) is 5.91 Å². The van der Waals surface area contributed by atoms with E-state index < -0.39 is 0 Å². The second kappa shape index (κ2) is 9.93. The molecule has 0 unspecified atom stereocenters. The van der Waals surface area contributed by atoms with Crippen molar-refractivity contribution in [2.75, 3.05) is 43.4 Å². The normalized spacial score (nSPS) is 14.3. The van der Waals surface area contributed by atoms with E-state index >= 15 is 0 Å². The Hall–Kier alpha value is -3.63. The molecule has 3 aromatic heterocycles. The molecule has 1 aromatic carbocycles. The van der Waals surface area contributed by atoms with E-state index in [0.29, 0.717) is 5.13 Å². The molecule has 10 heteroatoms. The summed E-state index contributed by atoms with van der Waals surface area (Å²) < 4.78 is 13.3. The van der Waals surface area contributed by atoms with Gasteiger partial charge in [0.15, 0.2) is 5.13 Å². The Morgan fingerprint density at radius 1 is 1.09 bits per heavy atom. The minimum atomic E-state index is -0.267. The van der Waals surface area contributed by atoms with Crippen molar-refractivity contribution in [1.29, 1.82) is 0 Å². The van der Waals surface area contributed by atoms with Crippen LogP contribution in [0.4, 0.5) is 26.8 Å². The maximum Gasteiger partial charge on any atom is 0.219 e. The van der Waals surface area contributed by atoms with E-state index in [0.717, 1.165) is 66.0 Å². The average Bonchev–Trinajstić information content (AvgIpc) is 3.26. The number of piperazine rings is 1. The molecule has 5 rings (SSSR count). The number of benzene rings is 1. The van der Waals surface area contributed by atoms with Crippen molar-refractivity contribution >= 4 is 50.0 Å². The summed E-state index contributed by atoms with van der Waals surface area (Å²) in [6.07, 6.45) is 1.80. The van der Waals surface area contributed by atoms with Crippen LogP contribution in [0.15, 0.2) is 54.7 Å². The van der Waals surface area contributed by atoms with Crippen LogP contribution in [0.1, 0.15) is 12.5 Å². The van der Waals surface area contributed by atoms with Crippen LogP contribution in [0, 0.1) is 5.82 Å². The van der Waals surface area contributed by atoms with Crippen LogP contribution in [0.3, 0.4) is 0 Å². The number of aromatic nitrogens is 3. The van der Waals surface area contributed by atoms with E-state index in [4.69, 9.17) is 4.98 Å². The van der Waals surface area contributed by atoms with Crippen LogP contribution in [-0.2, 0) is 11.3 Å². The number of thiazole rings is 1. The third-order valence-electron chi connectivity index (χ3n) is 6.08. The highest BCUT2D eigenvalue weighted by Crippen LogP contribution is 2.30. The highest BCUT2D eigenvalue weighted by Gasteiger charge is 2.18. The topological polar surface area (TPSA) is 77.5 Å². The summed E-state index contributed by atoms with van der Waals surface area (Å²) in [5.41, 5.74) is 2.80. The zero-order chi connectivity index (χ0) is 24.4. The molecule has 0 spiro atoms. The number of rotatable bonds is 6. The third-order valence-corrected chi connectivity index (χ3v) is 6.96. The highest BCUT2D eigenvalue weighted by atomic mass is 32.1. The fraction of sp³-hybridized carbons (Fsp3) is 0.280. The van der Waals surface area contributed by atoms with Crippen LogP contribution in [0.5, 0.6) is 0 Å². The van der Waals surface area contributed by atoms with Gasteiger partial charge >= 0.3 is 0 Å². The van der Waals surface area contributed by atoms with Crippen LogP contribution in [0.25, 0.3) is 10.3 Å². The Bertz CT molecular complexity index is 1340. The van der Waals surface area contributed by atoms with E-state index in [2.05, 4.69) is 20.2 Å². The quantitative estimate of drug-likeness (QED) is 0.428. The molecule has 1 N–H and O–H groups in total. The first kappa shape index (κ1) is 23.1. The van der Waals surface area contributed by atoms with Crippen molar-refractivity contribution in [2.24, 2.45) is 0 Å². The molecule has 4 aromatic rings. The Labute approximate surface area is 207 Å². The van der Waals surface area contributed by atoms with Gasteiger partial charge in [-0.15, -0.1) is 0 Å². The molecule has 0 saturated carbocycles. The SMILES string of the molecule is CC(=O)N1CCN(Cc2ccnc(Nc3nc4ccc(N(C)c5ccc(F)cc5)nc4s3)c2)CC1. The predicted octanol–water partition coefficient (Wildman–Crippen LogP) is 4.40. The number of pyridine rings is 2. The first-order chi connectivity index (χ1) is 16.9. The molecule has 1 fully saturated rings. The first-order valence-corrected chi connectivity index (χ1v) is 12.2. The van der Waals surface area contributed by atoms with E-state index in [-0.39, 0.29) is 11.7 Å². The Morgan fingerprint density at radius 3 is 2.60 bits per heavy atom. The van der Waals surface area contributed by atoms with Gasteiger partial charge in [-0.25, -0.2) is 19.3 Å². The van der Waals surface area contributed by atoms with Gasteiger partial charge in [0, 0.05) is 58.6 Å².